The van der Waals surface area contributed by atoms with Crippen LogP contribution >= 0.6 is 0 Å². The second-order valence-electron chi connectivity index (χ2n) is 3.60. The van der Waals surface area contributed by atoms with Crippen molar-refractivity contribution in [2.45, 2.75) is 33.6 Å². The number of rotatable bonds is 2. The van der Waals surface area contributed by atoms with E-state index in [2.05, 4.69) is 32.9 Å². The molecule has 0 aromatic heterocycles. The normalized spacial score (nSPS) is 35.9. The topological polar surface area (TPSA) is 0 Å². The zero-order valence-corrected chi connectivity index (χ0v) is 7.30. The summed E-state index contributed by atoms with van der Waals surface area (Å²) in [5, 5.41) is 0. The van der Waals surface area contributed by atoms with Gasteiger partial charge in [-0.3, -0.25) is 0 Å². The van der Waals surface area contributed by atoms with Crippen molar-refractivity contribution < 1.29 is 0 Å². The van der Waals surface area contributed by atoms with Gasteiger partial charge in [0.1, 0.15) is 0 Å². The molecule has 3 atom stereocenters. The minimum Gasteiger partial charge on any atom is -0.0914 e. The second kappa shape index (κ2) is 3.23. The molecule has 0 aromatic rings. The minimum atomic E-state index is 0.814. The standard InChI is InChI=1S/C10H18/c1-4-5-8(2)10-7-6-9(10)3/h4-5,8-10H,6-7H2,1-3H3/b5-4+. The van der Waals surface area contributed by atoms with Gasteiger partial charge >= 0.3 is 0 Å². The summed E-state index contributed by atoms with van der Waals surface area (Å²) < 4.78 is 0. The Bertz CT molecular complexity index is 124. The van der Waals surface area contributed by atoms with E-state index in [1.54, 1.807) is 0 Å². The molecule has 0 heterocycles. The van der Waals surface area contributed by atoms with Crippen molar-refractivity contribution in [3.63, 3.8) is 0 Å². The van der Waals surface area contributed by atoms with Crippen molar-refractivity contribution in [1.82, 2.24) is 0 Å². The SMILES string of the molecule is C/C=C/C(C)C1CCC1C. The Labute approximate surface area is 64.3 Å². The lowest BCUT2D eigenvalue weighted by Crippen LogP contribution is -2.27. The Kier molecular flexibility index (Phi) is 2.53. The molecule has 0 N–H and O–H groups in total. The summed E-state index contributed by atoms with van der Waals surface area (Å²) in [4.78, 5) is 0. The Morgan fingerprint density at radius 3 is 2.40 bits per heavy atom. The van der Waals surface area contributed by atoms with Crippen LogP contribution < -0.4 is 0 Å². The molecule has 58 valence electrons. The van der Waals surface area contributed by atoms with Gasteiger partial charge < -0.3 is 0 Å². The van der Waals surface area contributed by atoms with Crippen LogP contribution in [-0.4, -0.2) is 0 Å². The Hall–Kier alpha value is -0.260. The highest BCUT2D eigenvalue weighted by Gasteiger charge is 2.29. The zero-order valence-electron chi connectivity index (χ0n) is 7.30. The third-order valence-corrected chi connectivity index (χ3v) is 2.86. The van der Waals surface area contributed by atoms with Crippen molar-refractivity contribution in [3.05, 3.63) is 12.2 Å². The predicted octanol–water partition coefficient (Wildman–Crippen LogP) is 3.24. The molecule has 0 bridgehead atoms. The Morgan fingerprint density at radius 2 is 2.10 bits per heavy atom. The molecule has 0 aliphatic heterocycles. The van der Waals surface area contributed by atoms with Crippen molar-refractivity contribution in [2.75, 3.05) is 0 Å². The van der Waals surface area contributed by atoms with E-state index in [1.807, 2.05) is 0 Å². The maximum Gasteiger partial charge on any atom is -0.0231 e. The smallest absolute Gasteiger partial charge is 0.0231 e. The monoisotopic (exact) mass is 138 g/mol. The van der Waals surface area contributed by atoms with Crippen LogP contribution in [0.15, 0.2) is 12.2 Å². The van der Waals surface area contributed by atoms with Gasteiger partial charge in [-0.1, -0.05) is 32.4 Å². The van der Waals surface area contributed by atoms with Crippen LogP contribution in [0.4, 0.5) is 0 Å². The van der Waals surface area contributed by atoms with E-state index in [4.69, 9.17) is 0 Å². The molecule has 0 spiro atoms. The molecule has 0 saturated heterocycles. The highest BCUT2D eigenvalue weighted by atomic mass is 14.3. The van der Waals surface area contributed by atoms with Gasteiger partial charge in [0.2, 0.25) is 0 Å². The summed E-state index contributed by atoms with van der Waals surface area (Å²) in [5.74, 6) is 2.77. The zero-order chi connectivity index (χ0) is 7.56. The Balaban J connectivity index is 2.34. The van der Waals surface area contributed by atoms with Gasteiger partial charge in [-0.25, -0.2) is 0 Å². The first kappa shape index (κ1) is 7.84. The molecule has 0 nitrogen and oxygen atoms in total. The average Bonchev–Trinajstić information content (AvgIpc) is 1.85. The summed E-state index contributed by atoms with van der Waals surface area (Å²) in [6.07, 6.45) is 7.41. The largest absolute Gasteiger partial charge is 0.0914 e. The van der Waals surface area contributed by atoms with E-state index in [0.29, 0.717) is 0 Å². The molecular formula is C10H18. The maximum absolute atomic E-state index is 2.37. The quantitative estimate of drug-likeness (QED) is 0.514. The summed E-state index contributed by atoms with van der Waals surface area (Å²) in [7, 11) is 0. The van der Waals surface area contributed by atoms with Crippen molar-refractivity contribution in [2.24, 2.45) is 17.8 Å². The number of hydrogen-bond donors (Lipinski definition) is 0. The lowest BCUT2D eigenvalue weighted by molar-refractivity contribution is 0.153. The van der Waals surface area contributed by atoms with Crippen molar-refractivity contribution >= 4 is 0 Å². The van der Waals surface area contributed by atoms with Crippen molar-refractivity contribution in [1.29, 1.82) is 0 Å². The molecule has 1 fully saturated rings. The van der Waals surface area contributed by atoms with Gasteiger partial charge in [-0.05, 0) is 31.1 Å². The summed E-state index contributed by atoms with van der Waals surface area (Å²) in [6.45, 7) is 6.81. The highest BCUT2D eigenvalue weighted by molar-refractivity contribution is 4.92. The van der Waals surface area contributed by atoms with Crippen LogP contribution in [0.25, 0.3) is 0 Å². The number of hydrogen-bond acceptors (Lipinski definition) is 0. The van der Waals surface area contributed by atoms with Crippen LogP contribution in [0.5, 0.6) is 0 Å². The fourth-order valence-corrected chi connectivity index (χ4v) is 1.92. The summed E-state index contributed by atoms with van der Waals surface area (Å²) >= 11 is 0. The van der Waals surface area contributed by atoms with E-state index in [1.165, 1.54) is 12.8 Å². The molecule has 1 aliphatic rings. The maximum atomic E-state index is 2.37. The summed E-state index contributed by atoms with van der Waals surface area (Å²) in [6, 6.07) is 0. The molecular weight excluding hydrogens is 120 g/mol. The molecule has 3 unspecified atom stereocenters. The first-order valence-corrected chi connectivity index (χ1v) is 4.38. The van der Waals surface area contributed by atoms with Crippen LogP contribution in [0.1, 0.15) is 33.6 Å². The van der Waals surface area contributed by atoms with Gasteiger partial charge in [0.05, 0.1) is 0 Å². The van der Waals surface area contributed by atoms with E-state index in [-0.39, 0.29) is 0 Å². The van der Waals surface area contributed by atoms with E-state index in [9.17, 15) is 0 Å². The molecule has 1 aliphatic carbocycles. The average molecular weight is 138 g/mol. The van der Waals surface area contributed by atoms with Gasteiger partial charge in [-0.2, -0.15) is 0 Å². The van der Waals surface area contributed by atoms with E-state index in [0.717, 1.165) is 17.8 Å². The molecule has 1 saturated carbocycles. The fraction of sp³-hybridized carbons (Fsp3) is 0.800. The van der Waals surface area contributed by atoms with Gasteiger partial charge in [-0.15, -0.1) is 0 Å². The number of allylic oxidation sites excluding steroid dienone is 2. The van der Waals surface area contributed by atoms with Gasteiger partial charge in [0.15, 0.2) is 0 Å². The van der Waals surface area contributed by atoms with Crippen LogP contribution in [0.2, 0.25) is 0 Å². The fourth-order valence-electron chi connectivity index (χ4n) is 1.92. The van der Waals surface area contributed by atoms with Gasteiger partial charge in [0.25, 0.3) is 0 Å². The molecule has 0 radical (unpaired) electrons. The van der Waals surface area contributed by atoms with E-state index >= 15 is 0 Å². The van der Waals surface area contributed by atoms with Crippen LogP contribution in [-0.2, 0) is 0 Å². The predicted molar refractivity (Wildman–Crippen MR) is 45.9 cm³/mol. The summed E-state index contributed by atoms with van der Waals surface area (Å²) in [5.41, 5.74) is 0. The highest BCUT2D eigenvalue weighted by Crippen LogP contribution is 2.39. The van der Waals surface area contributed by atoms with E-state index < -0.39 is 0 Å². The third-order valence-electron chi connectivity index (χ3n) is 2.86. The molecule has 1 rings (SSSR count). The van der Waals surface area contributed by atoms with Crippen LogP contribution in [0, 0.1) is 17.8 Å². The lowest BCUT2D eigenvalue weighted by atomic mass is 9.68. The molecule has 0 heteroatoms. The third kappa shape index (κ3) is 1.42. The second-order valence-corrected chi connectivity index (χ2v) is 3.60. The van der Waals surface area contributed by atoms with Gasteiger partial charge in [0, 0.05) is 0 Å². The molecule has 0 amide bonds. The van der Waals surface area contributed by atoms with Crippen LogP contribution in [0.3, 0.4) is 0 Å². The first-order valence-electron chi connectivity index (χ1n) is 4.38. The van der Waals surface area contributed by atoms with Crippen molar-refractivity contribution in [3.8, 4) is 0 Å². The minimum absolute atomic E-state index is 0.814. The first-order chi connectivity index (χ1) is 4.75. The molecule has 10 heavy (non-hydrogen) atoms. The molecule has 0 aromatic carbocycles. The Morgan fingerprint density at radius 1 is 1.40 bits per heavy atom. The lowest BCUT2D eigenvalue weighted by Gasteiger charge is -2.37.